The molecule has 1 unspecified atom stereocenters. The van der Waals surface area contributed by atoms with Gasteiger partial charge >= 0.3 is 0 Å². The Kier molecular flexibility index (Phi) is 10.8. The molecule has 3 aromatic rings. The number of morpholine rings is 1. The zero-order valence-corrected chi connectivity index (χ0v) is 27.9. The van der Waals surface area contributed by atoms with Crippen molar-refractivity contribution in [2.45, 2.75) is 89.8 Å². The van der Waals surface area contributed by atoms with Crippen LogP contribution in [0.5, 0.6) is 11.6 Å². The second-order valence-electron chi connectivity index (χ2n) is 13.8. The van der Waals surface area contributed by atoms with Crippen molar-refractivity contribution in [3.63, 3.8) is 0 Å². The molecule has 6 rings (SSSR count). The number of piperazine rings is 1. The molecule has 3 aliphatic rings. The average molecular weight is 645 g/mol. The summed E-state index contributed by atoms with van der Waals surface area (Å²) in [6.45, 7) is 12.8. The van der Waals surface area contributed by atoms with Gasteiger partial charge in [-0.1, -0.05) is 30.3 Å². The molecule has 0 spiro atoms. The van der Waals surface area contributed by atoms with E-state index in [-0.39, 0.29) is 23.5 Å². The molecule has 0 radical (unpaired) electrons. The van der Waals surface area contributed by atoms with Gasteiger partial charge in [0.15, 0.2) is 0 Å². The number of rotatable bonds is 9. The summed E-state index contributed by atoms with van der Waals surface area (Å²) in [6.07, 6.45) is 4.38. The second kappa shape index (κ2) is 15.2. The number of aromatic nitrogens is 1. The van der Waals surface area contributed by atoms with E-state index in [1.54, 1.807) is 0 Å². The largest absolute Gasteiger partial charge is 0.438 e. The highest BCUT2D eigenvalue weighted by molar-refractivity contribution is 5.96. The first-order valence-electron chi connectivity index (χ1n) is 17.1. The van der Waals surface area contributed by atoms with Gasteiger partial charge < -0.3 is 25.8 Å². The van der Waals surface area contributed by atoms with Crippen molar-refractivity contribution in [2.75, 3.05) is 32.8 Å². The van der Waals surface area contributed by atoms with Crippen LogP contribution in [0, 0.1) is 5.82 Å². The van der Waals surface area contributed by atoms with Gasteiger partial charge in [-0.05, 0) is 86.9 Å². The summed E-state index contributed by atoms with van der Waals surface area (Å²) in [5.41, 5.74) is 10.8. The molecule has 0 bridgehead atoms. The van der Waals surface area contributed by atoms with E-state index in [0.29, 0.717) is 23.9 Å². The Morgan fingerprint density at radius 1 is 1.06 bits per heavy atom. The topological polar surface area (TPSA) is 105 Å². The summed E-state index contributed by atoms with van der Waals surface area (Å²) in [5.74, 6) is -0.383. The SMILES string of the molecule is CC1COCCN1Cc1cc(CN2C[C@@H](C)N[C@@H](C)C2)ccc1-c1cccc(Oc2ncc(F)cc2C(=O)NC2CCC(N)CC2)c1. The number of hydrogen-bond acceptors (Lipinski definition) is 8. The number of amides is 1. The van der Waals surface area contributed by atoms with Crippen LogP contribution in [0.4, 0.5) is 4.39 Å². The van der Waals surface area contributed by atoms with E-state index in [0.717, 1.165) is 88.9 Å². The van der Waals surface area contributed by atoms with Gasteiger partial charge in [-0.25, -0.2) is 9.37 Å². The highest BCUT2D eigenvalue weighted by Crippen LogP contribution is 2.32. The number of nitrogens with zero attached hydrogens (tertiary/aromatic N) is 3. The molecule has 1 aliphatic carbocycles. The van der Waals surface area contributed by atoms with Crippen LogP contribution in [0.25, 0.3) is 11.1 Å². The summed E-state index contributed by atoms with van der Waals surface area (Å²) < 4.78 is 26.2. The number of benzene rings is 2. The number of carbonyl (C=O) groups is 1. The molecule has 1 saturated carbocycles. The van der Waals surface area contributed by atoms with Gasteiger partial charge in [0.25, 0.3) is 5.91 Å². The molecular formula is C37H49FN6O3. The first-order valence-corrected chi connectivity index (χ1v) is 17.1. The quantitative estimate of drug-likeness (QED) is 0.296. The third kappa shape index (κ3) is 8.74. The lowest BCUT2D eigenvalue weighted by Gasteiger charge is -2.36. The van der Waals surface area contributed by atoms with Crippen LogP contribution in [-0.2, 0) is 17.8 Å². The minimum atomic E-state index is -0.589. The summed E-state index contributed by atoms with van der Waals surface area (Å²) in [7, 11) is 0. The minimum Gasteiger partial charge on any atom is -0.438 e. The molecule has 2 saturated heterocycles. The number of hydrogen-bond donors (Lipinski definition) is 3. The maximum Gasteiger partial charge on any atom is 0.257 e. The van der Waals surface area contributed by atoms with E-state index in [9.17, 15) is 9.18 Å². The smallest absolute Gasteiger partial charge is 0.257 e. The van der Waals surface area contributed by atoms with Crippen LogP contribution in [0.2, 0.25) is 0 Å². The fourth-order valence-electron chi connectivity index (χ4n) is 7.24. The van der Waals surface area contributed by atoms with Crippen LogP contribution in [0.15, 0.2) is 54.7 Å². The highest BCUT2D eigenvalue weighted by atomic mass is 19.1. The Bertz CT molecular complexity index is 1520. The Hall–Kier alpha value is -3.41. The molecule has 1 amide bonds. The Morgan fingerprint density at radius 2 is 1.85 bits per heavy atom. The molecule has 10 heteroatoms. The number of halogens is 1. The molecule has 252 valence electrons. The molecule has 2 aliphatic heterocycles. The van der Waals surface area contributed by atoms with E-state index < -0.39 is 11.7 Å². The maximum absolute atomic E-state index is 14.3. The number of carbonyl (C=O) groups excluding carboxylic acids is 1. The number of nitrogens with one attached hydrogen (secondary N) is 2. The van der Waals surface area contributed by atoms with Crippen LogP contribution < -0.4 is 21.1 Å². The fraction of sp³-hybridized carbons (Fsp3) is 0.514. The van der Waals surface area contributed by atoms with Gasteiger partial charge in [0.1, 0.15) is 17.1 Å². The Labute approximate surface area is 278 Å². The van der Waals surface area contributed by atoms with Crippen LogP contribution >= 0.6 is 0 Å². The van der Waals surface area contributed by atoms with E-state index in [4.69, 9.17) is 15.2 Å². The van der Waals surface area contributed by atoms with Crippen molar-refractivity contribution in [1.29, 1.82) is 0 Å². The van der Waals surface area contributed by atoms with E-state index in [2.05, 4.69) is 70.5 Å². The van der Waals surface area contributed by atoms with E-state index in [1.807, 2.05) is 18.2 Å². The van der Waals surface area contributed by atoms with Crippen molar-refractivity contribution in [3.05, 3.63) is 77.2 Å². The van der Waals surface area contributed by atoms with Crippen LogP contribution in [0.3, 0.4) is 0 Å². The van der Waals surface area contributed by atoms with Crippen LogP contribution in [0.1, 0.15) is 67.9 Å². The zero-order chi connectivity index (χ0) is 32.9. The van der Waals surface area contributed by atoms with Gasteiger partial charge in [0, 0.05) is 62.9 Å². The van der Waals surface area contributed by atoms with Gasteiger partial charge in [-0.2, -0.15) is 0 Å². The van der Waals surface area contributed by atoms with Gasteiger partial charge in [-0.15, -0.1) is 0 Å². The standard InChI is InChI=1S/C37H49FN6O3/c1-24-19-43(20-25(2)41-24)21-27-7-12-34(29(15-27)22-44-13-14-46-23-26(44)3)28-5-4-6-33(16-28)47-37-35(17-30(38)18-40-37)36(45)42-32-10-8-31(39)9-11-32/h4-7,12,15-18,24-26,31-32,41H,8-11,13-14,19-23,39H2,1-3H3,(H,42,45)/t24-,25+,26?,31?,32?. The molecule has 9 nitrogen and oxygen atoms in total. The number of pyridine rings is 1. The summed E-state index contributed by atoms with van der Waals surface area (Å²) in [5, 5.41) is 6.66. The highest BCUT2D eigenvalue weighted by Gasteiger charge is 2.25. The summed E-state index contributed by atoms with van der Waals surface area (Å²) >= 11 is 0. The molecule has 47 heavy (non-hydrogen) atoms. The third-order valence-electron chi connectivity index (χ3n) is 9.62. The third-order valence-corrected chi connectivity index (χ3v) is 9.62. The normalized spacial score (nSPS) is 25.8. The number of nitrogens with two attached hydrogens (primary N) is 1. The maximum atomic E-state index is 14.3. The Balaban J connectivity index is 1.25. The lowest BCUT2D eigenvalue weighted by Crippen LogP contribution is -2.53. The predicted octanol–water partition coefficient (Wildman–Crippen LogP) is 5.08. The molecule has 1 aromatic heterocycles. The molecular weight excluding hydrogens is 595 g/mol. The van der Waals surface area contributed by atoms with E-state index in [1.165, 1.54) is 17.2 Å². The molecule has 4 N–H and O–H groups in total. The second-order valence-corrected chi connectivity index (χ2v) is 13.8. The zero-order valence-electron chi connectivity index (χ0n) is 27.9. The van der Waals surface area contributed by atoms with Crippen molar-refractivity contribution in [3.8, 4) is 22.8 Å². The first-order chi connectivity index (χ1) is 22.7. The predicted molar refractivity (Wildman–Crippen MR) is 182 cm³/mol. The van der Waals surface area contributed by atoms with Gasteiger partial charge in [0.2, 0.25) is 5.88 Å². The van der Waals surface area contributed by atoms with Crippen molar-refractivity contribution < 1.29 is 18.7 Å². The summed E-state index contributed by atoms with van der Waals surface area (Å²) in [4.78, 5) is 22.5. The van der Waals surface area contributed by atoms with Crippen molar-refractivity contribution >= 4 is 5.91 Å². The molecule has 3 heterocycles. The monoisotopic (exact) mass is 644 g/mol. The first kappa shape index (κ1) is 33.5. The van der Waals surface area contributed by atoms with Gasteiger partial charge in [-0.3, -0.25) is 14.6 Å². The molecule has 2 aromatic carbocycles. The van der Waals surface area contributed by atoms with Gasteiger partial charge in [0.05, 0.1) is 19.4 Å². The number of ether oxygens (including phenoxy) is 2. The van der Waals surface area contributed by atoms with Crippen molar-refractivity contribution in [1.82, 2.24) is 25.4 Å². The van der Waals surface area contributed by atoms with Crippen molar-refractivity contribution in [2.24, 2.45) is 5.73 Å². The minimum absolute atomic E-state index is 0.00398. The summed E-state index contributed by atoms with van der Waals surface area (Å²) in [6, 6.07) is 17.2. The van der Waals surface area contributed by atoms with Crippen LogP contribution in [-0.4, -0.2) is 83.7 Å². The molecule has 3 fully saturated rings. The average Bonchev–Trinajstić information content (AvgIpc) is 3.04. The Morgan fingerprint density at radius 3 is 2.62 bits per heavy atom. The molecule has 3 atom stereocenters. The lowest BCUT2D eigenvalue weighted by molar-refractivity contribution is -0.00431. The lowest BCUT2D eigenvalue weighted by atomic mass is 9.91. The fourth-order valence-corrected chi connectivity index (χ4v) is 7.24. The van der Waals surface area contributed by atoms with E-state index >= 15 is 0 Å².